The number of hydrogen-bond donors (Lipinski definition) is 1. The van der Waals surface area contributed by atoms with Crippen LogP contribution in [0.5, 0.6) is 0 Å². The lowest BCUT2D eigenvalue weighted by Gasteiger charge is -2.47. The highest BCUT2D eigenvalue weighted by Crippen LogP contribution is 2.39. The van der Waals surface area contributed by atoms with Crippen molar-refractivity contribution in [3.63, 3.8) is 0 Å². The first kappa shape index (κ1) is 14.3. The highest BCUT2D eigenvalue weighted by Gasteiger charge is 2.42. The molecule has 2 aliphatic rings. The molecule has 1 N–H and O–H groups in total. The Kier molecular flexibility index (Phi) is 4.71. The molecule has 2 atom stereocenters. The highest BCUT2D eigenvalue weighted by atomic mass is 16.5. The lowest BCUT2D eigenvalue weighted by Crippen LogP contribution is -2.58. The quantitative estimate of drug-likeness (QED) is 0.817. The second kappa shape index (κ2) is 5.92. The Morgan fingerprint density at radius 2 is 1.89 bits per heavy atom. The molecule has 2 unspecified atom stereocenters. The third-order valence-corrected chi connectivity index (χ3v) is 5.67. The average molecular weight is 253 g/mol. The maximum atomic E-state index is 6.37. The van der Waals surface area contributed by atoms with Crippen molar-refractivity contribution in [1.29, 1.82) is 0 Å². The fraction of sp³-hybridized carbons (Fsp3) is 1.00. The zero-order valence-corrected chi connectivity index (χ0v) is 12.6. The van der Waals surface area contributed by atoms with Crippen molar-refractivity contribution < 1.29 is 4.74 Å². The zero-order chi connectivity index (χ0) is 13.1. The molecule has 106 valence electrons. The fourth-order valence-corrected chi connectivity index (χ4v) is 3.56. The van der Waals surface area contributed by atoms with Crippen molar-refractivity contribution in [2.45, 2.75) is 77.9 Å². The Labute approximate surface area is 113 Å². The van der Waals surface area contributed by atoms with Crippen LogP contribution in [0.3, 0.4) is 0 Å². The molecule has 0 radical (unpaired) electrons. The Morgan fingerprint density at radius 1 is 1.11 bits per heavy atom. The maximum absolute atomic E-state index is 6.37. The molecule has 0 bridgehead atoms. The van der Waals surface area contributed by atoms with Crippen LogP contribution in [0.1, 0.15) is 72.1 Å². The lowest BCUT2D eigenvalue weighted by molar-refractivity contribution is -0.154. The third-order valence-electron chi connectivity index (χ3n) is 5.67. The molecule has 1 saturated carbocycles. The van der Waals surface area contributed by atoms with Gasteiger partial charge in [-0.15, -0.1) is 0 Å². The monoisotopic (exact) mass is 253 g/mol. The van der Waals surface area contributed by atoms with Gasteiger partial charge in [0, 0.05) is 12.0 Å². The highest BCUT2D eigenvalue weighted by molar-refractivity contribution is 4.92. The van der Waals surface area contributed by atoms with E-state index >= 15 is 0 Å². The van der Waals surface area contributed by atoms with Crippen LogP contribution in [0, 0.1) is 11.3 Å². The van der Waals surface area contributed by atoms with E-state index < -0.39 is 0 Å². The molecule has 1 aliphatic heterocycles. The van der Waals surface area contributed by atoms with Crippen molar-refractivity contribution in [2.75, 3.05) is 13.2 Å². The lowest BCUT2D eigenvalue weighted by atomic mass is 9.81. The SMILES string of the molecule is CCC1CCCC2(CC1)NCC(CC)(CC)CO2. The third kappa shape index (κ3) is 2.91. The van der Waals surface area contributed by atoms with Crippen molar-refractivity contribution in [2.24, 2.45) is 11.3 Å². The smallest absolute Gasteiger partial charge is 0.119 e. The first-order valence-corrected chi connectivity index (χ1v) is 8.06. The molecule has 2 rings (SSSR count). The van der Waals surface area contributed by atoms with Gasteiger partial charge in [-0.05, 0) is 44.4 Å². The van der Waals surface area contributed by atoms with E-state index in [9.17, 15) is 0 Å². The van der Waals surface area contributed by atoms with Gasteiger partial charge in [0.2, 0.25) is 0 Å². The van der Waals surface area contributed by atoms with Gasteiger partial charge in [-0.2, -0.15) is 0 Å². The second-order valence-corrected chi connectivity index (χ2v) is 6.55. The van der Waals surface area contributed by atoms with Gasteiger partial charge >= 0.3 is 0 Å². The molecule has 2 heteroatoms. The summed E-state index contributed by atoms with van der Waals surface area (Å²) in [6.07, 6.45) is 10.3. The Bertz CT molecular complexity index is 250. The minimum Gasteiger partial charge on any atom is -0.360 e. The summed E-state index contributed by atoms with van der Waals surface area (Å²) in [5.74, 6) is 0.929. The van der Waals surface area contributed by atoms with E-state index in [0.717, 1.165) is 19.1 Å². The minimum absolute atomic E-state index is 0.0256. The van der Waals surface area contributed by atoms with Crippen LogP contribution in [-0.2, 0) is 4.74 Å². The first-order valence-electron chi connectivity index (χ1n) is 8.06. The Hall–Kier alpha value is -0.0800. The van der Waals surface area contributed by atoms with Crippen LogP contribution < -0.4 is 5.32 Å². The van der Waals surface area contributed by atoms with Gasteiger partial charge in [0.25, 0.3) is 0 Å². The number of hydrogen-bond acceptors (Lipinski definition) is 2. The predicted octanol–water partition coefficient (Wildman–Crippen LogP) is 4.10. The molecule has 0 aromatic carbocycles. The molecule has 2 fully saturated rings. The van der Waals surface area contributed by atoms with E-state index in [1.807, 2.05) is 0 Å². The molecular weight excluding hydrogens is 222 g/mol. The van der Waals surface area contributed by atoms with E-state index in [2.05, 4.69) is 26.1 Å². The molecule has 1 spiro atoms. The molecule has 1 aliphatic carbocycles. The van der Waals surface area contributed by atoms with Gasteiger partial charge < -0.3 is 4.74 Å². The van der Waals surface area contributed by atoms with Gasteiger partial charge in [-0.25, -0.2) is 0 Å². The van der Waals surface area contributed by atoms with Crippen molar-refractivity contribution in [3.8, 4) is 0 Å². The fourth-order valence-electron chi connectivity index (χ4n) is 3.56. The van der Waals surface area contributed by atoms with E-state index in [1.165, 1.54) is 51.4 Å². The Balaban J connectivity index is 1.94. The molecule has 0 amide bonds. The minimum atomic E-state index is 0.0256. The predicted molar refractivity (Wildman–Crippen MR) is 76.6 cm³/mol. The summed E-state index contributed by atoms with van der Waals surface area (Å²) in [7, 11) is 0. The molecule has 0 aromatic rings. The number of rotatable bonds is 3. The topological polar surface area (TPSA) is 21.3 Å². The summed E-state index contributed by atoms with van der Waals surface area (Å²) in [5.41, 5.74) is 0.416. The van der Waals surface area contributed by atoms with Crippen LogP contribution in [-0.4, -0.2) is 18.9 Å². The van der Waals surface area contributed by atoms with Gasteiger partial charge in [0.15, 0.2) is 0 Å². The van der Waals surface area contributed by atoms with Crippen molar-refractivity contribution in [3.05, 3.63) is 0 Å². The average Bonchev–Trinajstić information content (AvgIpc) is 2.63. The van der Waals surface area contributed by atoms with E-state index in [1.54, 1.807) is 0 Å². The van der Waals surface area contributed by atoms with Crippen LogP contribution >= 0.6 is 0 Å². The van der Waals surface area contributed by atoms with Crippen molar-refractivity contribution >= 4 is 0 Å². The number of nitrogens with one attached hydrogen (secondary N) is 1. The van der Waals surface area contributed by atoms with E-state index in [4.69, 9.17) is 4.74 Å². The van der Waals surface area contributed by atoms with Gasteiger partial charge in [0.05, 0.1) is 6.61 Å². The molecule has 1 saturated heterocycles. The summed E-state index contributed by atoms with van der Waals surface area (Å²) in [4.78, 5) is 0. The van der Waals surface area contributed by atoms with E-state index in [-0.39, 0.29) is 5.72 Å². The number of ether oxygens (including phenoxy) is 1. The second-order valence-electron chi connectivity index (χ2n) is 6.55. The van der Waals surface area contributed by atoms with Crippen LogP contribution in [0.2, 0.25) is 0 Å². The molecule has 2 nitrogen and oxygen atoms in total. The van der Waals surface area contributed by atoms with Crippen LogP contribution in [0.25, 0.3) is 0 Å². The van der Waals surface area contributed by atoms with E-state index in [0.29, 0.717) is 5.41 Å². The normalized spacial score (nSPS) is 36.5. The first-order chi connectivity index (χ1) is 8.67. The molecular formula is C16H31NO. The van der Waals surface area contributed by atoms with Gasteiger partial charge in [-0.3, -0.25) is 5.32 Å². The largest absolute Gasteiger partial charge is 0.360 e. The maximum Gasteiger partial charge on any atom is 0.119 e. The molecule has 0 aromatic heterocycles. The summed E-state index contributed by atoms with van der Waals surface area (Å²) < 4.78 is 6.37. The summed E-state index contributed by atoms with van der Waals surface area (Å²) in [6.45, 7) is 9.04. The van der Waals surface area contributed by atoms with Crippen LogP contribution in [0.4, 0.5) is 0 Å². The molecule has 18 heavy (non-hydrogen) atoms. The zero-order valence-electron chi connectivity index (χ0n) is 12.6. The summed E-state index contributed by atoms with van der Waals surface area (Å²) in [6, 6.07) is 0. The van der Waals surface area contributed by atoms with Crippen molar-refractivity contribution in [1.82, 2.24) is 5.32 Å². The standard InChI is InChI=1S/C16H31NO/c1-4-14-8-7-10-16(11-9-14)17-12-15(5-2,6-3)13-18-16/h14,17H,4-13H2,1-3H3. The van der Waals surface area contributed by atoms with Gasteiger partial charge in [0.1, 0.15) is 5.72 Å². The summed E-state index contributed by atoms with van der Waals surface area (Å²) in [5, 5.41) is 3.79. The summed E-state index contributed by atoms with van der Waals surface area (Å²) >= 11 is 0. The van der Waals surface area contributed by atoms with Crippen LogP contribution in [0.15, 0.2) is 0 Å². The van der Waals surface area contributed by atoms with Gasteiger partial charge in [-0.1, -0.05) is 33.6 Å². The Morgan fingerprint density at radius 3 is 2.44 bits per heavy atom. The molecule has 1 heterocycles.